The molecule has 1 aromatic heterocycles. The second-order valence-electron chi connectivity index (χ2n) is 8.05. The van der Waals surface area contributed by atoms with Crippen LogP contribution in [0.15, 0.2) is 34.8 Å². The maximum Gasteiger partial charge on any atom is 1.00 e. The monoisotopic (exact) mass is 686 g/mol. The molecule has 0 aliphatic carbocycles. The molecule has 2 heterocycles. The number of carbonyl (C=O) groups excluding carboxylic acids is 5. The quantitative estimate of drug-likeness (QED) is 0.0270. The fraction of sp³-hybridized carbons (Fsp3) is 0.286. The summed E-state index contributed by atoms with van der Waals surface area (Å²) in [5, 5.41) is 19.9. The van der Waals surface area contributed by atoms with E-state index in [4.69, 9.17) is 21.2 Å². The number of β-lactam (4-membered cyclic amide) rings is 1. The summed E-state index contributed by atoms with van der Waals surface area (Å²) in [4.78, 5) is 80.2. The van der Waals surface area contributed by atoms with Crippen LogP contribution in [0.4, 0.5) is 10.8 Å². The zero-order valence-corrected chi connectivity index (χ0v) is 26.9. The number of nitrogens with one attached hydrogen (secondary N) is 2. The van der Waals surface area contributed by atoms with E-state index < -0.39 is 75.2 Å². The summed E-state index contributed by atoms with van der Waals surface area (Å²) in [7, 11) is -4.32. The molecule has 0 radical (unpaired) electrons. The molecule has 1 saturated heterocycles. The van der Waals surface area contributed by atoms with E-state index in [0.717, 1.165) is 18.4 Å². The van der Waals surface area contributed by atoms with E-state index in [-0.39, 0.29) is 58.4 Å². The molecule has 44 heavy (non-hydrogen) atoms. The van der Waals surface area contributed by atoms with Crippen molar-refractivity contribution < 1.29 is 87.2 Å². The van der Waals surface area contributed by atoms with Crippen molar-refractivity contribution in [2.24, 2.45) is 5.16 Å². The molecule has 3 amide bonds. The van der Waals surface area contributed by atoms with Crippen LogP contribution in [0.1, 0.15) is 12.7 Å². The van der Waals surface area contributed by atoms with E-state index in [1.54, 1.807) is 0 Å². The molecule has 3 N–H and O–H groups in total. The number of non-ortho nitro benzene ring substituents is 1. The molecule has 1 aliphatic heterocycles. The third-order valence-electron chi connectivity index (χ3n) is 5.24. The normalized spacial score (nSPS) is 16.1. The second-order valence-corrected chi connectivity index (χ2v) is 10.5. The van der Waals surface area contributed by atoms with Crippen molar-refractivity contribution in [2.75, 3.05) is 24.9 Å². The van der Waals surface area contributed by atoms with Crippen LogP contribution in [0, 0.1) is 10.1 Å². The largest absolute Gasteiger partial charge is 1.00 e. The van der Waals surface area contributed by atoms with E-state index in [1.807, 2.05) is 0 Å². The van der Waals surface area contributed by atoms with Gasteiger partial charge in [-0.1, -0.05) is 5.16 Å². The maximum atomic E-state index is 13.1. The number of hydrogen-bond donors (Lipinski definition) is 3. The zero-order chi connectivity index (χ0) is 31.9. The number of rotatable bonds is 13. The number of halogens is 1. The maximum absolute atomic E-state index is 13.1. The first kappa shape index (κ1) is 36.5. The van der Waals surface area contributed by atoms with Gasteiger partial charge in [0.05, 0.1) is 12.0 Å². The Hall–Kier alpha value is -3.73. The van der Waals surface area contributed by atoms with Gasteiger partial charge < -0.3 is 26.4 Å². The van der Waals surface area contributed by atoms with Gasteiger partial charge in [-0.05, 0) is 17.7 Å². The number of benzene rings is 1. The van der Waals surface area contributed by atoms with Gasteiger partial charge in [0.2, 0.25) is 12.5 Å². The zero-order valence-electron chi connectivity index (χ0n) is 23.5. The number of esters is 2. The third kappa shape index (κ3) is 9.14. The summed E-state index contributed by atoms with van der Waals surface area (Å²) in [6, 6.07) is 1.36. The Bertz CT molecular complexity index is 1590. The fourth-order valence-corrected chi connectivity index (χ4v) is 4.90. The van der Waals surface area contributed by atoms with Gasteiger partial charge in [0, 0.05) is 17.5 Å². The van der Waals surface area contributed by atoms with Crippen LogP contribution < -0.4 is 40.2 Å². The Morgan fingerprint density at radius 2 is 1.93 bits per heavy atom. The predicted octanol–water partition coefficient (Wildman–Crippen LogP) is -3.52. The molecule has 2 atom stereocenters. The smallest absolute Gasteiger partial charge is 1.00 e. The number of oxime groups is 1. The number of methoxy groups -OCH3 is 1. The molecule has 1 fully saturated rings. The minimum Gasteiger partial charge on any atom is -1.00 e. The van der Waals surface area contributed by atoms with Crippen LogP contribution >= 0.6 is 22.9 Å². The van der Waals surface area contributed by atoms with Crippen LogP contribution in [0.5, 0.6) is 0 Å². The first-order valence-electron chi connectivity index (χ1n) is 11.4. The number of nitrogens with zero attached hydrogens (tertiary/aromatic N) is 4. The Morgan fingerprint density at radius 1 is 1.27 bits per heavy atom. The molecule has 0 spiro atoms. The van der Waals surface area contributed by atoms with Gasteiger partial charge in [0.25, 0.3) is 17.5 Å². The summed E-state index contributed by atoms with van der Waals surface area (Å²) >= 11 is 6.27. The number of nitro benzene ring substituents is 1. The first-order valence-corrected chi connectivity index (χ1v) is 14.2. The van der Waals surface area contributed by atoms with E-state index >= 15 is 0 Å². The van der Waals surface area contributed by atoms with E-state index in [2.05, 4.69) is 25.5 Å². The van der Waals surface area contributed by atoms with E-state index in [1.165, 1.54) is 29.6 Å². The van der Waals surface area contributed by atoms with Crippen LogP contribution in [0.2, 0.25) is 0 Å². The van der Waals surface area contributed by atoms with Gasteiger partial charge in [-0.2, -0.15) is 12.7 Å². The van der Waals surface area contributed by atoms with Gasteiger partial charge in [0.15, 0.2) is 16.9 Å². The number of hydrogen-bond acceptors (Lipinski definition) is 15. The Labute approximate surface area is 279 Å². The average molecular weight is 687 g/mol. The van der Waals surface area contributed by atoms with E-state index in [0.29, 0.717) is 5.56 Å². The third-order valence-corrected chi connectivity index (χ3v) is 7.15. The van der Waals surface area contributed by atoms with Crippen molar-refractivity contribution in [1.82, 2.24) is 14.6 Å². The standard InChI is InChI=1S/C21H19ClN6O13S2.Na.H/c1-39-20(33)17-16(19(32)27(17)43(36,37)38)25-18(31)15(12-9-42-21(23-12)24-13(29)6-22)26-41-8-14(30)40-7-10-2-4-11(5-3-10)28(34)35;;/h2-5,9,16-17H,6-8H2,1H3,(H,25,31)(H,23,24,29)(H,36,37,38);;/q;+1;-1/b26-15-;;. The van der Waals surface area contributed by atoms with Crippen molar-refractivity contribution in [1.29, 1.82) is 0 Å². The topological polar surface area (TPSA) is 263 Å². The fourth-order valence-electron chi connectivity index (χ4n) is 3.29. The van der Waals surface area contributed by atoms with Crippen molar-refractivity contribution in [3.8, 4) is 0 Å². The van der Waals surface area contributed by atoms with Gasteiger partial charge in [-0.3, -0.25) is 29.1 Å². The minimum atomic E-state index is -5.19. The summed E-state index contributed by atoms with van der Waals surface area (Å²) < 4.78 is 41.5. The Balaban J connectivity index is 0.00000506. The van der Waals surface area contributed by atoms with Crippen molar-refractivity contribution in [3.05, 3.63) is 51.0 Å². The minimum absolute atomic E-state index is 0. The van der Waals surface area contributed by atoms with E-state index in [9.17, 15) is 47.1 Å². The summed E-state index contributed by atoms with van der Waals surface area (Å²) in [6.45, 7) is -1.14. The van der Waals surface area contributed by atoms with Gasteiger partial charge in [-0.15, -0.1) is 22.9 Å². The van der Waals surface area contributed by atoms with Gasteiger partial charge >= 0.3 is 51.8 Å². The number of aromatic nitrogens is 1. The predicted molar refractivity (Wildman–Crippen MR) is 144 cm³/mol. The molecule has 1 aliphatic rings. The molecule has 2 aromatic rings. The molecular formula is C21H20ClN6NaO13S2. The first-order chi connectivity index (χ1) is 20.3. The molecule has 232 valence electrons. The van der Waals surface area contributed by atoms with Gasteiger partial charge in [-0.25, -0.2) is 14.6 Å². The molecular weight excluding hydrogens is 667 g/mol. The summed E-state index contributed by atoms with van der Waals surface area (Å²) in [5.41, 5.74) is -0.689. The van der Waals surface area contributed by atoms with Crippen molar-refractivity contribution >= 4 is 79.4 Å². The van der Waals surface area contributed by atoms with Crippen LogP contribution in [-0.2, 0) is 55.2 Å². The Kier molecular flexibility index (Phi) is 13.1. The number of ether oxygens (including phenoxy) is 2. The summed E-state index contributed by atoms with van der Waals surface area (Å²) in [5.74, 6) is -5.93. The molecule has 0 bridgehead atoms. The number of thiazole rings is 1. The number of nitro groups is 1. The van der Waals surface area contributed by atoms with Crippen LogP contribution in [0.3, 0.4) is 0 Å². The molecule has 2 unspecified atom stereocenters. The number of anilines is 1. The Morgan fingerprint density at radius 3 is 2.50 bits per heavy atom. The van der Waals surface area contributed by atoms with Gasteiger partial charge in [0.1, 0.15) is 24.2 Å². The molecule has 19 nitrogen and oxygen atoms in total. The van der Waals surface area contributed by atoms with Crippen LogP contribution in [0.25, 0.3) is 0 Å². The summed E-state index contributed by atoms with van der Waals surface area (Å²) in [6.07, 6.45) is 0. The number of carbonyl (C=O) groups is 5. The molecule has 0 saturated carbocycles. The van der Waals surface area contributed by atoms with Crippen molar-refractivity contribution in [2.45, 2.75) is 18.7 Å². The average Bonchev–Trinajstić information content (AvgIpc) is 3.42. The SMILES string of the molecule is COC(=O)C1C(NC(=O)/C(=N\OCC(=O)OCc2ccc([N+](=O)[O-])cc2)c2csc(NC(=O)CCl)n2)C(=O)N1S(=O)(=O)O.[H-].[Na+]. The molecule has 1 aromatic carbocycles. The molecule has 3 rings (SSSR count). The molecule has 23 heteroatoms. The van der Waals surface area contributed by atoms with Crippen molar-refractivity contribution in [3.63, 3.8) is 0 Å². The number of alkyl halides is 1. The number of amides is 3. The van der Waals surface area contributed by atoms with Crippen LogP contribution in [-0.4, -0.2) is 94.2 Å². The second kappa shape index (κ2) is 15.8.